The summed E-state index contributed by atoms with van der Waals surface area (Å²) in [7, 11) is 1.71. The molecular weight excluding hydrogens is 162 g/mol. The van der Waals surface area contributed by atoms with Gasteiger partial charge in [0.15, 0.2) is 0 Å². The minimum absolute atomic E-state index is 0.149. The summed E-state index contributed by atoms with van der Waals surface area (Å²) < 4.78 is 5.22. The molecule has 1 atom stereocenters. The molecule has 13 heavy (non-hydrogen) atoms. The molecule has 0 aliphatic rings. The van der Waals surface area contributed by atoms with Gasteiger partial charge >= 0.3 is 0 Å². The molecular formula is C11H19NO. The maximum atomic E-state index is 5.22. The molecule has 0 saturated heterocycles. The Hall–Kier alpha value is -0.890. The van der Waals surface area contributed by atoms with Crippen molar-refractivity contribution < 1.29 is 4.74 Å². The summed E-state index contributed by atoms with van der Waals surface area (Å²) in [5, 5.41) is 0. The van der Waals surface area contributed by atoms with E-state index >= 15 is 0 Å². The summed E-state index contributed by atoms with van der Waals surface area (Å²) in [4.78, 5) is 4.20. The number of hydrogen-bond donors (Lipinski definition) is 0. The maximum absolute atomic E-state index is 5.22. The van der Waals surface area contributed by atoms with Crippen molar-refractivity contribution in [3.8, 4) is 0 Å². The molecule has 1 rings (SSSR count). The van der Waals surface area contributed by atoms with E-state index in [0.29, 0.717) is 0 Å². The Labute approximate surface area is 81.0 Å². The average molecular weight is 181 g/mol. The summed E-state index contributed by atoms with van der Waals surface area (Å²) in [6.07, 6.45) is 2.90. The molecule has 1 unspecified atom stereocenters. The normalized spacial score (nSPS) is 11.4. The van der Waals surface area contributed by atoms with Crippen molar-refractivity contribution in [1.29, 1.82) is 0 Å². The second kappa shape index (κ2) is 7.74. The minimum atomic E-state index is 0.149. The summed E-state index contributed by atoms with van der Waals surface area (Å²) in [5.41, 5.74) is 1.01. The van der Waals surface area contributed by atoms with Crippen molar-refractivity contribution in [2.75, 3.05) is 7.11 Å². The Kier molecular flexibility index (Phi) is 7.21. The molecule has 0 N–H and O–H groups in total. The summed E-state index contributed by atoms with van der Waals surface area (Å²) in [5.74, 6) is 0. The van der Waals surface area contributed by atoms with Crippen LogP contribution < -0.4 is 0 Å². The third-order valence-electron chi connectivity index (χ3n) is 1.67. The largest absolute Gasteiger partial charge is 0.375 e. The van der Waals surface area contributed by atoms with Crippen LogP contribution in [0.25, 0.3) is 0 Å². The van der Waals surface area contributed by atoms with Crippen LogP contribution in [-0.4, -0.2) is 12.1 Å². The minimum Gasteiger partial charge on any atom is -0.375 e. The average Bonchev–Trinajstić information content (AvgIpc) is 2.24. The van der Waals surface area contributed by atoms with Crippen molar-refractivity contribution in [3.05, 3.63) is 30.1 Å². The lowest BCUT2D eigenvalue weighted by Crippen LogP contribution is -2.01. The van der Waals surface area contributed by atoms with E-state index in [-0.39, 0.29) is 6.10 Å². The first-order valence-electron chi connectivity index (χ1n) is 4.82. The second-order valence-corrected chi connectivity index (χ2v) is 2.39. The number of pyridine rings is 1. The monoisotopic (exact) mass is 181 g/mol. The van der Waals surface area contributed by atoms with Gasteiger partial charge in [0.1, 0.15) is 0 Å². The number of rotatable bonds is 3. The van der Waals surface area contributed by atoms with Gasteiger partial charge in [-0.05, 0) is 18.6 Å². The van der Waals surface area contributed by atoms with Gasteiger partial charge in [0, 0.05) is 13.3 Å². The van der Waals surface area contributed by atoms with Gasteiger partial charge in [-0.1, -0.05) is 26.8 Å². The molecule has 0 aromatic carbocycles. The van der Waals surface area contributed by atoms with E-state index in [9.17, 15) is 0 Å². The Morgan fingerprint density at radius 2 is 2.08 bits per heavy atom. The van der Waals surface area contributed by atoms with Gasteiger partial charge in [-0.3, -0.25) is 4.98 Å². The first-order valence-corrected chi connectivity index (χ1v) is 4.82. The van der Waals surface area contributed by atoms with Crippen LogP contribution in [0.3, 0.4) is 0 Å². The third kappa shape index (κ3) is 4.04. The van der Waals surface area contributed by atoms with Crippen LogP contribution in [0.15, 0.2) is 24.4 Å². The molecule has 0 aliphatic heterocycles. The predicted molar refractivity (Wildman–Crippen MR) is 55.6 cm³/mol. The van der Waals surface area contributed by atoms with Crippen molar-refractivity contribution in [2.24, 2.45) is 0 Å². The lowest BCUT2D eigenvalue weighted by Gasteiger charge is -2.10. The quantitative estimate of drug-likeness (QED) is 0.714. The summed E-state index contributed by atoms with van der Waals surface area (Å²) >= 11 is 0. The fraction of sp³-hybridized carbons (Fsp3) is 0.545. The second-order valence-electron chi connectivity index (χ2n) is 2.39. The smallest absolute Gasteiger partial charge is 0.0988 e. The van der Waals surface area contributed by atoms with Gasteiger partial charge in [-0.25, -0.2) is 0 Å². The van der Waals surface area contributed by atoms with E-state index in [1.807, 2.05) is 32.0 Å². The fourth-order valence-electron chi connectivity index (χ4n) is 1.06. The Morgan fingerprint density at radius 3 is 2.46 bits per heavy atom. The van der Waals surface area contributed by atoms with E-state index < -0.39 is 0 Å². The van der Waals surface area contributed by atoms with Crippen molar-refractivity contribution >= 4 is 0 Å². The van der Waals surface area contributed by atoms with Crippen LogP contribution >= 0.6 is 0 Å². The number of hydrogen-bond acceptors (Lipinski definition) is 2. The Balaban J connectivity index is 0.000000671. The molecule has 2 heteroatoms. The molecule has 0 radical (unpaired) electrons. The highest BCUT2D eigenvalue weighted by atomic mass is 16.5. The first kappa shape index (κ1) is 12.1. The zero-order chi connectivity index (χ0) is 10.1. The van der Waals surface area contributed by atoms with Crippen LogP contribution in [0, 0.1) is 0 Å². The topological polar surface area (TPSA) is 22.1 Å². The highest BCUT2D eigenvalue weighted by molar-refractivity contribution is 5.06. The highest BCUT2D eigenvalue weighted by Gasteiger charge is 2.06. The van der Waals surface area contributed by atoms with Crippen LogP contribution in [0.2, 0.25) is 0 Å². The lowest BCUT2D eigenvalue weighted by molar-refractivity contribution is 0.0965. The molecule has 0 spiro atoms. The van der Waals surface area contributed by atoms with Crippen molar-refractivity contribution in [3.63, 3.8) is 0 Å². The van der Waals surface area contributed by atoms with Crippen molar-refractivity contribution in [2.45, 2.75) is 33.3 Å². The zero-order valence-electron chi connectivity index (χ0n) is 8.95. The van der Waals surface area contributed by atoms with E-state index in [4.69, 9.17) is 4.74 Å². The molecule has 0 bridgehead atoms. The fourth-order valence-corrected chi connectivity index (χ4v) is 1.06. The molecule has 0 aliphatic carbocycles. The number of ether oxygens (including phenoxy) is 1. The Morgan fingerprint density at radius 1 is 1.38 bits per heavy atom. The summed E-state index contributed by atoms with van der Waals surface area (Å²) in [6, 6.07) is 5.87. The van der Waals surface area contributed by atoms with Gasteiger partial charge in [-0.15, -0.1) is 0 Å². The maximum Gasteiger partial charge on any atom is 0.0988 e. The molecule has 0 fully saturated rings. The number of nitrogens with zero attached hydrogens (tertiary/aromatic N) is 1. The molecule has 2 nitrogen and oxygen atoms in total. The lowest BCUT2D eigenvalue weighted by atomic mass is 10.2. The van der Waals surface area contributed by atoms with Gasteiger partial charge < -0.3 is 4.74 Å². The van der Waals surface area contributed by atoms with Crippen molar-refractivity contribution in [1.82, 2.24) is 4.98 Å². The first-order chi connectivity index (χ1) is 6.38. The van der Waals surface area contributed by atoms with E-state index in [0.717, 1.165) is 12.1 Å². The molecule has 1 aromatic heterocycles. The van der Waals surface area contributed by atoms with Crippen LogP contribution in [0.5, 0.6) is 0 Å². The van der Waals surface area contributed by atoms with E-state index in [2.05, 4.69) is 11.9 Å². The van der Waals surface area contributed by atoms with Crippen LogP contribution in [-0.2, 0) is 4.74 Å². The molecule has 1 aromatic rings. The predicted octanol–water partition coefficient (Wildman–Crippen LogP) is 3.21. The zero-order valence-corrected chi connectivity index (χ0v) is 8.95. The van der Waals surface area contributed by atoms with Gasteiger partial charge in [0.25, 0.3) is 0 Å². The van der Waals surface area contributed by atoms with E-state index in [1.165, 1.54) is 0 Å². The van der Waals surface area contributed by atoms with Crippen LogP contribution in [0.4, 0.5) is 0 Å². The summed E-state index contributed by atoms with van der Waals surface area (Å²) in [6.45, 7) is 6.09. The number of aromatic nitrogens is 1. The van der Waals surface area contributed by atoms with Crippen LogP contribution in [0.1, 0.15) is 39.0 Å². The molecule has 1 heterocycles. The number of methoxy groups -OCH3 is 1. The molecule has 74 valence electrons. The SMILES string of the molecule is CC.CCC(OC)c1ccccn1. The standard InChI is InChI=1S/C9H13NO.C2H6/c1-3-9(11-2)8-6-4-5-7-10-8;1-2/h4-7,9H,3H2,1-2H3;1-2H3. The molecule has 0 amide bonds. The highest BCUT2D eigenvalue weighted by Crippen LogP contribution is 2.16. The van der Waals surface area contributed by atoms with E-state index in [1.54, 1.807) is 13.3 Å². The van der Waals surface area contributed by atoms with Gasteiger partial charge in [0.05, 0.1) is 11.8 Å². The Bertz CT molecular complexity index is 195. The van der Waals surface area contributed by atoms with Gasteiger partial charge in [-0.2, -0.15) is 0 Å². The molecule has 0 saturated carbocycles. The third-order valence-corrected chi connectivity index (χ3v) is 1.67. The van der Waals surface area contributed by atoms with Gasteiger partial charge in [0.2, 0.25) is 0 Å².